The standard InChI is InChI=1S/C17H22N2O4/c1-21-12-7-8-15(22-2)13(9-12)14-10-16(23-19-14)17(20)18-11-5-3-4-6-11/h7-9,11,16H,3-6,10H2,1-2H3,(H,18,20)/t16-/m0/s1. The maximum absolute atomic E-state index is 12.3. The third-order valence-corrected chi connectivity index (χ3v) is 4.38. The van der Waals surface area contributed by atoms with Gasteiger partial charge in [0.15, 0.2) is 0 Å². The van der Waals surface area contributed by atoms with Gasteiger partial charge in [-0.25, -0.2) is 0 Å². The fraction of sp³-hybridized carbons (Fsp3) is 0.529. The molecular weight excluding hydrogens is 296 g/mol. The summed E-state index contributed by atoms with van der Waals surface area (Å²) in [5, 5.41) is 7.14. The van der Waals surface area contributed by atoms with E-state index in [1.165, 1.54) is 12.8 Å². The number of nitrogens with one attached hydrogen (secondary N) is 1. The molecule has 6 heteroatoms. The van der Waals surface area contributed by atoms with Crippen molar-refractivity contribution in [3.05, 3.63) is 23.8 Å². The van der Waals surface area contributed by atoms with E-state index in [9.17, 15) is 4.79 Å². The van der Waals surface area contributed by atoms with Gasteiger partial charge in [0.05, 0.1) is 19.9 Å². The first kappa shape index (κ1) is 15.6. The van der Waals surface area contributed by atoms with Gasteiger partial charge in [0, 0.05) is 18.0 Å². The molecule has 6 nitrogen and oxygen atoms in total. The Morgan fingerprint density at radius 1 is 1.26 bits per heavy atom. The lowest BCUT2D eigenvalue weighted by molar-refractivity contribution is -0.131. The van der Waals surface area contributed by atoms with Crippen molar-refractivity contribution in [1.29, 1.82) is 0 Å². The van der Waals surface area contributed by atoms with E-state index in [2.05, 4.69) is 10.5 Å². The van der Waals surface area contributed by atoms with Gasteiger partial charge in [-0.05, 0) is 31.0 Å². The summed E-state index contributed by atoms with van der Waals surface area (Å²) in [4.78, 5) is 17.6. The van der Waals surface area contributed by atoms with Crippen molar-refractivity contribution < 1.29 is 19.1 Å². The lowest BCUT2D eigenvalue weighted by Gasteiger charge is -2.14. The van der Waals surface area contributed by atoms with E-state index in [0.29, 0.717) is 23.6 Å². The number of methoxy groups -OCH3 is 2. The van der Waals surface area contributed by atoms with Crippen LogP contribution < -0.4 is 14.8 Å². The Balaban J connectivity index is 1.68. The summed E-state index contributed by atoms with van der Waals surface area (Å²) in [7, 11) is 3.21. The van der Waals surface area contributed by atoms with Gasteiger partial charge < -0.3 is 19.6 Å². The number of benzene rings is 1. The summed E-state index contributed by atoms with van der Waals surface area (Å²) in [6, 6.07) is 5.77. The topological polar surface area (TPSA) is 69.1 Å². The van der Waals surface area contributed by atoms with Gasteiger partial charge in [0.2, 0.25) is 6.10 Å². The van der Waals surface area contributed by atoms with Crippen molar-refractivity contribution in [3.63, 3.8) is 0 Å². The zero-order valence-corrected chi connectivity index (χ0v) is 13.5. The number of amides is 1. The Morgan fingerprint density at radius 3 is 2.74 bits per heavy atom. The van der Waals surface area contributed by atoms with Gasteiger partial charge in [-0.2, -0.15) is 0 Å². The highest BCUT2D eigenvalue weighted by Gasteiger charge is 2.32. The fourth-order valence-corrected chi connectivity index (χ4v) is 3.08. The number of nitrogens with zero attached hydrogens (tertiary/aromatic N) is 1. The fourth-order valence-electron chi connectivity index (χ4n) is 3.08. The van der Waals surface area contributed by atoms with E-state index in [-0.39, 0.29) is 11.9 Å². The number of ether oxygens (including phenoxy) is 2. The van der Waals surface area contributed by atoms with Crippen LogP contribution in [0.15, 0.2) is 23.4 Å². The van der Waals surface area contributed by atoms with Crippen LogP contribution >= 0.6 is 0 Å². The minimum absolute atomic E-state index is 0.0856. The van der Waals surface area contributed by atoms with Crippen molar-refractivity contribution in [2.75, 3.05) is 14.2 Å². The number of oxime groups is 1. The van der Waals surface area contributed by atoms with Crippen molar-refractivity contribution in [1.82, 2.24) is 5.32 Å². The Hall–Kier alpha value is -2.24. The molecule has 0 unspecified atom stereocenters. The lowest BCUT2D eigenvalue weighted by atomic mass is 10.0. The molecule has 1 aliphatic heterocycles. The van der Waals surface area contributed by atoms with Crippen LogP contribution in [0.25, 0.3) is 0 Å². The van der Waals surface area contributed by atoms with E-state index < -0.39 is 6.10 Å². The summed E-state index contributed by atoms with van der Waals surface area (Å²) in [5.74, 6) is 1.31. The molecule has 0 spiro atoms. The molecule has 1 aromatic carbocycles. The number of carbonyl (C=O) groups excluding carboxylic acids is 1. The molecular formula is C17H22N2O4. The smallest absolute Gasteiger partial charge is 0.264 e. The predicted molar refractivity (Wildman–Crippen MR) is 86.0 cm³/mol. The molecule has 1 saturated carbocycles. The largest absolute Gasteiger partial charge is 0.497 e. The second kappa shape index (κ2) is 6.89. The Morgan fingerprint density at radius 2 is 2.04 bits per heavy atom. The molecule has 1 aliphatic carbocycles. The highest BCUT2D eigenvalue weighted by atomic mass is 16.6. The molecule has 1 aromatic rings. The molecule has 1 amide bonds. The van der Waals surface area contributed by atoms with Crippen molar-refractivity contribution in [2.45, 2.75) is 44.2 Å². The maximum atomic E-state index is 12.3. The van der Waals surface area contributed by atoms with Crippen LogP contribution in [0.4, 0.5) is 0 Å². The normalized spacial score (nSPS) is 20.8. The van der Waals surface area contributed by atoms with Gasteiger partial charge >= 0.3 is 0 Å². The summed E-state index contributed by atoms with van der Waals surface area (Å²) >= 11 is 0. The molecule has 1 atom stereocenters. The van der Waals surface area contributed by atoms with Crippen molar-refractivity contribution in [2.24, 2.45) is 5.16 Å². The highest BCUT2D eigenvalue weighted by molar-refractivity contribution is 6.06. The van der Waals surface area contributed by atoms with Crippen LogP contribution in [0, 0.1) is 0 Å². The minimum Gasteiger partial charge on any atom is -0.497 e. The van der Waals surface area contributed by atoms with Crippen molar-refractivity contribution >= 4 is 11.6 Å². The van der Waals surface area contributed by atoms with Crippen LogP contribution in [-0.2, 0) is 9.63 Å². The zero-order valence-electron chi connectivity index (χ0n) is 13.5. The first-order valence-corrected chi connectivity index (χ1v) is 7.96. The van der Waals surface area contributed by atoms with Crippen LogP contribution in [0.3, 0.4) is 0 Å². The number of rotatable bonds is 5. The molecule has 124 valence electrons. The second-order valence-electron chi connectivity index (χ2n) is 5.89. The Kier molecular flexibility index (Phi) is 4.69. The van der Waals surface area contributed by atoms with E-state index in [4.69, 9.17) is 14.3 Å². The third kappa shape index (κ3) is 3.41. The third-order valence-electron chi connectivity index (χ3n) is 4.38. The first-order valence-electron chi connectivity index (χ1n) is 7.96. The SMILES string of the molecule is COc1ccc(OC)c(C2=NO[C@H](C(=O)NC3CCCC3)C2)c1. The summed E-state index contributed by atoms with van der Waals surface area (Å²) in [5.41, 5.74) is 1.50. The first-order chi connectivity index (χ1) is 11.2. The molecule has 2 aliphatic rings. The van der Waals surface area contributed by atoms with Crippen LogP contribution in [-0.4, -0.2) is 38.0 Å². The average Bonchev–Trinajstić information content (AvgIpc) is 3.25. The molecule has 0 saturated heterocycles. The minimum atomic E-state index is -0.568. The van der Waals surface area contributed by atoms with Gasteiger partial charge in [0.25, 0.3) is 5.91 Å². The van der Waals surface area contributed by atoms with Gasteiger partial charge in [-0.15, -0.1) is 0 Å². The molecule has 0 radical (unpaired) electrons. The average molecular weight is 318 g/mol. The van der Waals surface area contributed by atoms with Crippen molar-refractivity contribution in [3.8, 4) is 11.5 Å². The predicted octanol–water partition coefficient (Wildman–Crippen LogP) is 2.26. The molecule has 0 bridgehead atoms. The molecule has 23 heavy (non-hydrogen) atoms. The summed E-state index contributed by atoms with van der Waals surface area (Å²) < 4.78 is 10.6. The molecule has 1 N–H and O–H groups in total. The summed E-state index contributed by atoms with van der Waals surface area (Å²) in [6.45, 7) is 0. The van der Waals surface area contributed by atoms with E-state index in [1.807, 2.05) is 18.2 Å². The van der Waals surface area contributed by atoms with Gasteiger partial charge in [-0.1, -0.05) is 18.0 Å². The van der Waals surface area contributed by atoms with Crippen LogP contribution in [0.1, 0.15) is 37.7 Å². The molecule has 0 aromatic heterocycles. The van der Waals surface area contributed by atoms with E-state index >= 15 is 0 Å². The monoisotopic (exact) mass is 318 g/mol. The van der Waals surface area contributed by atoms with E-state index in [1.54, 1.807) is 14.2 Å². The maximum Gasteiger partial charge on any atom is 0.264 e. The second-order valence-corrected chi connectivity index (χ2v) is 5.89. The quantitative estimate of drug-likeness (QED) is 0.904. The number of hydrogen-bond acceptors (Lipinski definition) is 5. The zero-order chi connectivity index (χ0) is 16.2. The molecule has 1 fully saturated rings. The van der Waals surface area contributed by atoms with E-state index in [0.717, 1.165) is 18.4 Å². The lowest BCUT2D eigenvalue weighted by Crippen LogP contribution is -2.40. The molecule has 3 rings (SSSR count). The van der Waals surface area contributed by atoms with Gasteiger partial charge in [0.1, 0.15) is 11.5 Å². The number of carbonyl (C=O) groups is 1. The van der Waals surface area contributed by atoms with Crippen LogP contribution in [0.2, 0.25) is 0 Å². The Labute approximate surface area is 135 Å². The number of hydrogen-bond donors (Lipinski definition) is 1. The van der Waals surface area contributed by atoms with Gasteiger partial charge in [-0.3, -0.25) is 4.79 Å². The Bertz CT molecular complexity index is 609. The summed E-state index contributed by atoms with van der Waals surface area (Å²) in [6.07, 6.45) is 4.33. The van der Waals surface area contributed by atoms with Crippen LogP contribution in [0.5, 0.6) is 11.5 Å². The highest BCUT2D eigenvalue weighted by Crippen LogP contribution is 2.29. The molecule has 1 heterocycles.